The number of aromatic nitrogens is 2. The van der Waals surface area contributed by atoms with E-state index in [4.69, 9.17) is 9.15 Å². The minimum absolute atomic E-state index is 0.00861. The molecule has 0 spiro atoms. The summed E-state index contributed by atoms with van der Waals surface area (Å²) in [4.78, 5) is 12.7. The van der Waals surface area contributed by atoms with Gasteiger partial charge in [-0.3, -0.25) is 4.79 Å². The fourth-order valence-corrected chi connectivity index (χ4v) is 3.44. The summed E-state index contributed by atoms with van der Waals surface area (Å²) >= 11 is 1.09. The standard InChI is InChI=1S/C20H17F2N3O3S/c21-13-3-1-12(2-4-13)18(19(26)23-15-7-8-15)29-20-25-24-17(28-20)11-27-16-9-5-14(22)6-10-16/h1-6,9-10,15,18H,7-8,11H2,(H,23,26). The molecule has 1 amide bonds. The largest absolute Gasteiger partial charge is 0.484 e. The van der Waals surface area contributed by atoms with E-state index >= 15 is 0 Å². The first-order chi connectivity index (χ1) is 14.1. The zero-order chi connectivity index (χ0) is 20.2. The van der Waals surface area contributed by atoms with E-state index in [0.717, 1.165) is 24.6 Å². The Hall–Kier alpha value is -2.94. The Morgan fingerprint density at radius 1 is 1.10 bits per heavy atom. The molecule has 0 bridgehead atoms. The molecule has 1 aliphatic carbocycles. The van der Waals surface area contributed by atoms with Crippen molar-refractivity contribution in [2.45, 2.75) is 36.0 Å². The first-order valence-corrected chi connectivity index (χ1v) is 9.88. The number of hydrogen-bond acceptors (Lipinski definition) is 6. The van der Waals surface area contributed by atoms with Crippen LogP contribution in [0.5, 0.6) is 5.75 Å². The number of carbonyl (C=O) groups excluding carboxylic acids is 1. The highest BCUT2D eigenvalue weighted by molar-refractivity contribution is 8.00. The number of hydrogen-bond donors (Lipinski definition) is 1. The van der Waals surface area contributed by atoms with Crippen LogP contribution in [0.2, 0.25) is 0 Å². The van der Waals surface area contributed by atoms with Crippen LogP contribution in [0.15, 0.2) is 58.2 Å². The van der Waals surface area contributed by atoms with Crippen molar-refractivity contribution in [2.75, 3.05) is 0 Å². The van der Waals surface area contributed by atoms with Gasteiger partial charge < -0.3 is 14.5 Å². The van der Waals surface area contributed by atoms with Crippen LogP contribution in [0.4, 0.5) is 8.78 Å². The zero-order valence-corrected chi connectivity index (χ0v) is 16.0. The SMILES string of the molecule is O=C(NC1CC1)C(Sc1nnc(COc2ccc(F)cc2)o1)c1ccc(F)cc1. The molecule has 3 aromatic rings. The van der Waals surface area contributed by atoms with Gasteiger partial charge >= 0.3 is 0 Å². The van der Waals surface area contributed by atoms with Crippen LogP contribution in [0.25, 0.3) is 0 Å². The van der Waals surface area contributed by atoms with E-state index in [-0.39, 0.29) is 41.3 Å². The van der Waals surface area contributed by atoms with E-state index in [1.54, 1.807) is 12.1 Å². The Kier molecular flexibility index (Phi) is 5.75. The van der Waals surface area contributed by atoms with Crippen LogP contribution in [0.1, 0.15) is 29.5 Å². The third-order valence-electron chi connectivity index (χ3n) is 4.18. The average molecular weight is 417 g/mol. The van der Waals surface area contributed by atoms with Crippen LogP contribution in [0.3, 0.4) is 0 Å². The number of benzene rings is 2. The third kappa shape index (κ3) is 5.32. The van der Waals surface area contributed by atoms with Crippen molar-refractivity contribution in [3.63, 3.8) is 0 Å². The monoisotopic (exact) mass is 417 g/mol. The van der Waals surface area contributed by atoms with Crippen molar-refractivity contribution in [2.24, 2.45) is 0 Å². The smallest absolute Gasteiger partial charge is 0.277 e. The molecule has 1 unspecified atom stereocenters. The highest BCUT2D eigenvalue weighted by Crippen LogP contribution is 2.36. The Bertz CT molecular complexity index is 975. The lowest BCUT2D eigenvalue weighted by molar-refractivity contribution is -0.120. The lowest BCUT2D eigenvalue weighted by atomic mass is 10.1. The number of amides is 1. The molecule has 1 fully saturated rings. The Labute approximate surface area is 169 Å². The second kappa shape index (κ2) is 8.60. The van der Waals surface area contributed by atoms with E-state index in [9.17, 15) is 13.6 Å². The van der Waals surface area contributed by atoms with Gasteiger partial charge in [0.25, 0.3) is 11.1 Å². The van der Waals surface area contributed by atoms with Crippen LogP contribution >= 0.6 is 11.8 Å². The summed E-state index contributed by atoms with van der Waals surface area (Å²) in [5.74, 6) is -0.237. The van der Waals surface area contributed by atoms with Gasteiger partial charge in [-0.25, -0.2) is 8.78 Å². The quantitative estimate of drug-likeness (QED) is 0.558. The molecule has 0 saturated heterocycles. The summed E-state index contributed by atoms with van der Waals surface area (Å²) in [7, 11) is 0. The number of rotatable bonds is 8. The van der Waals surface area contributed by atoms with Crippen molar-refractivity contribution >= 4 is 17.7 Å². The maximum atomic E-state index is 13.3. The normalized spacial score (nSPS) is 14.4. The summed E-state index contributed by atoms with van der Waals surface area (Å²) in [5.41, 5.74) is 0.636. The van der Waals surface area contributed by atoms with Crippen molar-refractivity contribution in [1.82, 2.24) is 15.5 Å². The number of ether oxygens (including phenoxy) is 1. The Morgan fingerprint density at radius 3 is 2.41 bits per heavy atom. The van der Waals surface area contributed by atoms with Gasteiger partial charge in [-0.2, -0.15) is 0 Å². The molecular weight excluding hydrogens is 400 g/mol. The fourth-order valence-electron chi connectivity index (χ4n) is 2.54. The molecule has 4 rings (SSSR count). The molecule has 1 aliphatic rings. The maximum Gasteiger partial charge on any atom is 0.277 e. The summed E-state index contributed by atoms with van der Waals surface area (Å²) in [6, 6.07) is 11.5. The van der Waals surface area contributed by atoms with Crippen LogP contribution in [-0.2, 0) is 11.4 Å². The lowest BCUT2D eigenvalue weighted by Gasteiger charge is -2.14. The summed E-state index contributed by atoms with van der Waals surface area (Å²) < 4.78 is 37.2. The van der Waals surface area contributed by atoms with Crippen LogP contribution in [-0.4, -0.2) is 22.1 Å². The van der Waals surface area contributed by atoms with E-state index in [0.29, 0.717) is 11.3 Å². The molecule has 0 radical (unpaired) electrons. The zero-order valence-electron chi connectivity index (χ0n) is 15.2. The van der Waals surface area contributed by atoms with E-state index in [1.165, 1.54) is 36.4 Å². The molecule has 1 saturated carbocycles. The molecule has 150 valence electrons. The summed E-state index contributed by atoms with van der Waals surface area (Å²) in [6.07, 6.45) is 1.91. The van der Waals surface area contributed by atoms with Gasteiger partial charge in [0, 0.05) is 6.04 Å². The molecule has 2 aromatic carbocycles. The van der Waals surface area contributed by atoms with Gasteiger partial charge in [0.05, 0.1) is 0 Å². The molecule has 9 heteroatoms. The number of nitrogens with zero attached hydrogens (tertiary/aromatic N) is 2. The van der Waals surface area contributed by atoms with Crippen molar-refractivity contribution in [3.8, 4) is 5.75 Å². The van der Waals surface area contributed by atoms with E-state index in [2.05, 4.69) is 15.5 Å². The second-order valence-corrected chi connectivity index (χ2v) is 7.59. The van der Waals surface area contributed by atoms with Crippen LogP contribution in [0, 0.1) is 11.6 Å². The number of carbonyl (C=O) groups is 1. The third-order valence-corrected chi connectivity index (χ3v) is 5.27. The molecular formula is C20H17F2N3O3S. The van der Waals surface area contributed by atoms with E-state index < -0.39 is 5.25 Å². The minimum Gasteiger partial charge on any atom is -0.484 e. The van der Waals surface area contributed by atoms with Gasteiger partial charge in [-0.15, -0.1) is 10.2 Å². The van der Waals surface area contributed by atoms with Crippen molar-refractivity contribution in [1.29, 1.82) is 0 Å². The Balaban J connectivity index is 1.43. The highest BCUT2D eigenvalue weighted by Gasteiger charge is 2.30. The summed E-state index contributed by atoms with van der Waals surface area (Å²) in [6.45, 7) is 0.00861. The fraction of sp³-hybridized carbons (Fsp3) is 0.250. The number of nitrogens with one attached hydrogen (secondary N) is 1. The first kappa shape index (κ1) is 19.4. The molecule has 6 nitrogen and oxygen atoms in total. The van der Waals surface area contributed by atoms with Gasteiger partial charge in [-0.05, 0) is 66.6 Å². The molecule has 0 aliphatic heterocycles. The molecule has 1 heterocycles. The van der Waals surface area contributed by atoms with Gasteiger partial charge in [0.15, 0.2) is 6.61 Å². The summed E-state index contributed by atoms with van der Waals surface area (Å²) in [5, 5.41) is 10.4. The first-order valence-electron chi connectivity index (χ1n) is 9.00. The van der Waals surface area contributed by atoms with Gasteiger partial charge in [-0.1, -0.05) is 12.1 Å². The molecule has 1 N–H and O–H groups in total. The molecule has 1 atom stereocenters. The highest BCUT2D eigenvalue weighted by atomic mass is 32.2. The van der Waals surface area contributed by atoms with Crippen LogP contribution < -0.4 is 10.1 Å². The maximum absolute atomic E-state index is 13.3. The molecule has 29 heavy (non-hydrogen) atoms. The van der Waals surface area contributed by atoms with Crippen molar-refractivity contribution in [3.05, 3.63) is 71.6 Å². The lowest BCUT2D eigenvalue weighted by Crippen LogP contribution is -2.29. The second-order valence-electron chi connectivity index (χ2n) is 6.54. The number of halogens is 2. The van der Waals surface area contributed by atoms with Gasteiger partial charge in [0.1, 0.15) is 22.6 Å². The van der Waals surface area contributed by atoms with Gasteiger partial charge in [0.2, 0.25) is 5.91 Å². The predicted octanol–water partition coefficient (Wildman–Crippen LogP) is 4.04. The minimum atomic E-state index is -0.650. The van der Waals surface area contributed by atoms with Crippen molar-refractivity contribution < 1.29 is 22.7 Å². The number of thioether (sulfide) groups is 1. The molecule has 1 aromatic heterocycles. The Morgan fingerprint density at radius 2 is 1.76 bits per heavy atom. The average Bonchev–Trinajstić information content (AvgIpc) is 3.42. The predicted molar refractivity (Wildman–Crippen MR) is 101 cm³/mol. The van der Waals surface area contributed by atoms with E-state index in [1.807, 2.05) is 0 Å². The topological polar surface area (TPSA) is 77.2 Å².